The van der Waals surface area contributed by atoms with Crippen molar-refractivity contribution in [2.45, 2.75) is 18.9 Å². The van der Waals surface area contributed by atoms with Crippen molar-refractivity contribution >= 4 is 34.9 Å². The number of likely N-dealkylation sites (tertiary alicyclic amines) is 1. The topological polar surface area (TPSA) is 121 Å². The highest BCUT2D eigenvalue weighted by atomic mass is 16.5. The molecular weight excluding hydrogens is 436 g/mol. The summed E-state index contributed by atoms with van der Waals surface area (Å²) in [6, 6.07) is 8.86. The lowest BCUT2D eigenvalue weighted by molar-refractivity contribution is -0.136. The van der Waals surface area contributed by atoms with Crippen molar-refractivity contribution in [3.8, 4) is 0 Å². The Morgan fingerprint density at radius 1 is 1.21 bits per heavy atom. The van der Waals surface area contributed by atoms with E-state index < -0.39 is 5.91 Å². The highest BCUT2D eigenvalue weighted by Gasteiger charge is 2.28. The number of benzene rings is 1. The second kappa shape index (κ2) is 11.0. The quantitative estimate of drug-likeness (QED) is 0.605. The van der Waals surface area contributed by atoms with E-state index in [1.165, 1.54) is 18.2 Å². The number of likely N-dealkylation sites (N-methyl/N-ethyl adjacent to an activating group) is 1. The SMILES string of the molecule is COCC(=O)N1CCC[C@@H](N(C)c2cc(Nc3ccc(C(=O)N(C)C)cc3)ncc2C(N)=O)C1. The number of pyridine rings is 1. The number of hydrogen-bond donors (Lipinski definition) is 2. The molecule has 2 aromatic rings. The molecule has 0 aliphatic carbocycles. The highest BCUT2D eigenvalue weighted by molar-refractivity contribution is 5.99. The van der Waals surface area contributed by atoms with Gasteiger partial charge in [-0.3, -0.25) is 14.4 Å². The molecule has 3 amide bonds. The largest absolute Gasteiger partial charge is 0.375 e. The number of nitrogens with zero attached hydrogens (tertiary/aromatic N) is 4. The minimum Gasteiger partial charge on any atom is -0.375 e. The lowest BCUT2D eigenvalue weighted by Gasteiger charge is -2.39. The van der Waals surface area contributed by atoms with E-state index in [9.17, 15) is 14.4 Å². The molecule has 1 aliphatic rings. The van der Waals surface area contributed by atoms with E-state index in [4.69, 9.17) is 10.5 Å². The second-order valence-electron chi connectivity index (χ2n) is 8.53. The van der Waals surface area contributed by atoms with Crippen LogP contribution in [0.3, 0.4) is 0 Å². The molecule has 1 saturated heterocycles. The zero-order valence-corrected chi connectivity index (χ0v) is 20.1. The summed E-state index contributed by atoms with van der Waals surface area (Å²) in [5, 5.41) is 3.21. The molecule has 2 heterocycles. The maximum Gasteiger partial charge on any atom is 0.253 e. The van der Waals surface area contributed by atoms with Crippen LogP contribution in [0.5, 0.6) is 0 Å². The number of hydrogen-bond acceptors (Lipinski definition) is 7. The molecule has 0 unspecified atom stereocenters. The van der Waals surface area contributed by atoms with Gasteiger partial charge in [-0.05, 0) is 37.1 Å². The molecule has 3 rings (SSSR count). The van der Waals surface area contributed by atoms with Gasteiger partial charge in [0.05, 0.1) is 11.3 Å². The molecule has 0 bridgehead atoms. The molecule has 0 saturated carbocycles. The Morgan fingerprint density at radius 3 is 2.53 bits per heavy atom. The molecule has 0 spiro atoms. The monoisotopic (exact) mass is 468 g/mol. The molecule has 1 aromatic carbocycles. The van der Waals surface area contributed by atoms with Crippen LogP contribution < -0.4 is 16.0 Å². The molecule has 10 nitrogen and oxygen atoms in total. The summed E-state index contributed by atoms with van der Waals surface area (Å²) in [5.74, 6) is -0.175. The van der Waals surface area contributed by atoms with Gasteiger partial charge in [0.25, 0.3) is 11.8 Å². The van der Waals surface area contributed by atoms with Gasteiger partial charge in [0.15, 0.2) is 0 Å². The number of methoxy groups -OCH3 is 1. The smallest absolute Gasteiger partial charge is 0.253 e. The van der Waals surface area contributed by atoms with Gasteiger partial charge in [-0.2, -0.15) is 0 Å². The van der Waals surface area contributed by atoms with Crippen LogP contribution in [0.2, 0.25) is 0 Å². The Morgan fingerprint density at radius 2 is 1.91 bits per heavy atom. The third-order valence-electron chi connectivity index (χ3n) is 5.90. The van der Waals surface area contributed by atoms with Gasteiger partial charge in [0.1, 0.15) is 12.4 Å². The first-order chi connectivity index (χ1) is 16.2. The fraction of sp³-hybridized carbons (Fsp3) is 0.417. The number of primary amides is 1. The molecule has 1 atom stereocenters. The molecule has 10 heteroatoms. The number of nitrogens with two attached hydrogens (primary N) is 1. The summed E-state index contributed by atoms with van der Waals surface area (Å²) in [4.78, 5) is 46.1. The molecule has 182 valence electrons. The normalized spacial score (nSPS) is 15.5. The first-order valence-electron chi connectivity index (χ1n) is 11.1. The predicted molar refractivity (Wildman–Crippen MR) is 130 cm³/mol. The van der Waals surface area contributed by atoms with Crippen molar-refractivity contribution in [3.05, 3.63) is 47.7 Å². The van der Waals surface area contributed by atoms with Gasteiger partial charge >= 0.3 is 0 Å². The second-order valence-corrected chi connectivity index (χ2v) is 8.53. The number of ether oxygens (including phenoxy) is 1. The number of nitrogens with one attached hydrogen (secondary N) is 1. The number of amides is 3. The highest BCUT2D eigenvalue weighted by Crippen LogP contribution is 2.28. The van der Waals surface area contributed by atoms with E-state index in [0.29, 0.717) is 35.7 Å². The summed E-state index contributed by atoms with van der Waals surface area (Å²) in [6.07, 6.45) is 3.18. The molecule has 0 radical (unpaired) electrons. The Balaban J connectivity index is 1.81. The van der Waals surface area contributed by atoms with Crippen LogP contribution in [-0.4, -0.2) is 86.5 Å². The van der Waals surface area contributed by atoms with E-state index in [-0.39, 0.29) is 24.5 Å². The lowest BCUT2D eigenvalue weighted by atomic mass is 10.0. The predicted octanol–water partition coefficient (Wildman–Crippen LogP) is 1.70. The van der Waals surface area contributed by atoms with E-state index in [1.54, 1.807) is 49.3 Å². The Bertz CT molecular complexity index is 1040. The van der Waals surface area contributed by atoms with Crippen LogP contribution in [0.25, 0.3) is 0 Å². The van der Waals surface area contributed by atoms with Gasteiger partial charge in [0.2, 0.25) is 5.91 Å². The van der Waals surface area contributed by atoms with Crippen molar-refractivity contribution in [3.63, 3.8) is 0 Å². The summed E-state index contributed by atoms with van der Waals surface area (Å²) in [5.41, 5.74) is 7.90. The van der Waals surface area contributed by atoms with Crippen molar-refractivity contribution in [2.75, 3.05) is 58.2 Å². The van der Waals surface area contributed by atoms with Crippen molar-refractivity contribution < 1.29 is 19.1 Å². The number of anilines is 3. The van der Waals surface area contributed by atoms with Gasteiger partial charge in [0, 0.05) is 70.9 Å². The Labute approximate surface area is 199 Å². The zero-order chi connectivity index (χ0) is 24.8. The maximum atomic E-state index is 12.3. The van der Waals surface area contributed by atoms with Crippen LogP contribution in [0.1, 0.15) is 33.6 Å². The molecule has 1 fully saturated rings. The number of piperidine rings is 1. The van der Waals surface area contributed by atoms with Gasteiger partial charge in [-0.1, -0.05) is 0 Å². The van der Waals surface area contributed by atoms with E-state index >= 15 is 0 Å². The standard InChI is InChI=1S/C24H32N6O4/c1-28(2)24(33)16-7-9-17(10-8-16)27-21-12-20(19(13-26-21)23(25)32)29(3)18-6-5-11-30(14-18)22(31)15-34-4/h7-10,12-13,18H,5-6,11,14-15H2,1-4H3,(H2,25,32)(H,26,27)/t18-/m1/s1. The first kappa shape index (κ1) is 25.0. The third-order valence-corrected chi connectivity index (χ3v) is 5.90. The lowest BCUT2D eigenvalue weighted by Crippen LogP contribution is -2.50. The zero-order valence-electron chi connectivity index (χ0n) is 20.1. The summed E-state index contributed by atoms with van der Waals surface area (Å²) in [7, 11) is 6.80. The van der Waals surface area contributed by atoms with Gasteiger partial charge in [-0.15, -0.1) is 0 Å². The molecular formula is C24H32N6O4. The van der Waals surface area contributed by atoms with Crippen molar-refractivity contribution in [1.82, 2.24) is 14.8 Å². The van der Waals surface area contributed by atoms with Crippen LogP contribution in [-0.2, 0) is 9.53 Å². The van der Waals surface area contributed by atoms with Crippen molar-refractivity contribution in [2.24, 2.45) is 5.73 Å². The van der Waals surface area contributed by atoms with E-state index in [1.807, 2.05) is 11.9 Å². The third kappa shape index (κ3) is 5.82. The Kier molecular flexibility index (Phi) is 8.06. The fourth-order valence-electron chi connectivity index (χ4n) is 4.01. The number of rotatable bonds is 8. The van der Waals surface area contributed by atoms with Crippen LogP contribution >= 0.6 is 0 Å². The molecule has 1 aliphatic heterocycles. The van der Waals surface area contributed by atoms with Crippen LogP contribution in [0.4, 0.5) is 17.2 Å². The summed E-state index contributed by atoms with van der Waals surface area (Å²) >= 11 is 0. The summed E-state index contributed by atoms with van der Waals surface area (Å²) < 4.78 is 4.99. The van der Waals surface area contributed by atoms with Crippen molar-refractivity contribution in [1.29, 1.82) is 0 Å². The van der Waals surface area contributed by atoms with E-state index in [2.05, 4.69) is 10.3 Å². The number of carbonyl (C=O) groups excluding carboxylic acids is 3. The maximum absolute atomic E-state index is 12.3. The van der Waals surface area contributed by atoms with Crippen LogP contribution in [0, 0.1) is 0 Å². The fourth-order valence-corrected chi connectivity index (χ4v) is 4.01. The minimum absolute atomic E-state index is 0.0132. The van der Waals surface area contributed by atoms with Gasteiger partial charge < -0.3 is 30.5 Å². The Hall–Kier alpha value is -3.66. The minimum atomic E-state index is -0.574. The first-order valence-corrected chi connectivity index (χ1v) is 11.1. The molecule has 3 N–H and O–H groups in total. The molecule has 34 heavy (non-hydrogen) atoms. The van der Waals surface area contributed by atoms with Gasteiger partial charge in [-0.25, -0.2) is 4.98 Å². The average molecular weight is 469 g/mol. The summed E-state index contributed by atoms with van der Waals surface area (Å²) in [6.45, 7) is 1.26. The van der Waals surface area contributed by atoms with Crippen LogP contribution in [0.15, 0.2) is 36.5 Å². The average Bonchev–Trinajstić information content (AvgIpc) is 2.83. The molecule has 1 aromatic heterocycles. The number of aromatic nitrogens is 1. The van der Waals surface area contributed by atoms with E-state index in [0.717, 1.165) is 18.5 Å². The number of carbonyl (C=O) groups is 3.